The number of rotatable bonds is 3. The van der Waals surface area contributed by atoms with Crippen molar-refractivity contribution in [1.29, 1.82) is 0 Å². The quantitative estimate of drug-likeness (QED) is 0.780. The van der Waals surface area contributed by atoms with Gasteiger partial charge in [0.15, 0.2) is 21.3 Å². The highest BCUT2D eigenvalue weighted by Gasteiger charge is 2.54. The van der Waals surface area contributed by atoms with Crippen molar-refractivity contribution in [2.24, 2.45) is 0 Å². The molecule has 10 heteroatoms. The van der Waals surface area contributed by atoms with Gasteiger partial charge in [-0.1, -0.05) is 0 Å². The largest absolute Gasteiger partial charge is 0.486 e. The van der Waals surface area contributed by atoms with Crippen molar-refractivity contribution in [2.45, 2.75) is 35.9 Å². The minimum atomic E-state index is -4.23. The van der Waals surface area contributed by atoms with Crippen molar-refractivity contribution in [3.63, 3.8) is 0 Å². The number of carbonyl (C=O) groups is 1. The Labute approximate surface area is 128 Å². The molecular formula is C13H10F4O5S. The molecule has 126 valence electrons. The van der Waals surface area contributed by atoms with E-state index in [9.17, 15) is 30.8 Å². The van der Waals surface area contributed by atoms with Crippen LogP contribution in [0.25, 0.3) is 0 Å². The lowest BCUT2D eigenvalue weighted by atomic mass is 9.91. The molecule has 1 aromatic rings. The standard InChI is InChI=1S/C13H10F4O5S/c1-23(19,20)8-3-2-7(21-6-4-12(14,15)5-6)10-9(8)11(18)13(16,17)22-10/h2-3,6H,4-5H2,1H3. The first-order valence-electron chi connectivity index (χ1n) is 6.44. The van der Waals surface area contributed by atoms with Gasteiger partial charge in [-0.25, -0.2) is 17.2 Å². The topological polar surface area (TPSA) is 69.7 Å². The summed E-state index contributed by atoms with van der Waals surface area (Å²) in [7, 11) is -3.98. The van der Waals surface area contributed by atoms with Gasteiger partial charge < -0.3 is 9.47 Å². The third kappa shape index (κ3) is 2.64. The zero-order chi connectivity index (χ0) is 17.2. The molecule has 0 unspecified atom stereocenters. The van der Waals surface area contributed by atoms with Crippen molar-refractivity contribution in [2.75, 3.05) is 6.26 Å². The van der Waals surface area contributed by atoms with Crippen molar-refractivity contribution >= 4 is 15.6 Å². The molecule has 0 atom stereocenters. The molecule has 5 nitrogen and oxygen atoms in total. The Morgan fingerprint density at radius 3 is 2.35 bits per heavy atom. The van der Waals surface area contributed by atoms with E-state index in [1.165, 1.54) is 0 Å². The predicted molar refractivity (Wildman–Crippen MR) is 68.1 cm³/mol. The summed E-state index contributed by atoms with van der Waals surface area (Å²) in [6, 6.07) is 1.93. The minimum Gasteiger partial charge on any atom is -0.486 e. The summed E-state index contributed by atoms with van der Waals surface area (Å²) < 4.78 is 85.3. The number of benzene rings is 1. The first kappa shape index (κ1) is 16.0. The average Bonchev–Trinajstić information content (AvgIpc) is 2.58. The molecule has 1 aliphatic carbocycles. The fraction of sp³-hybridized carbons (Fsp3) is 0.462. The van der Waals surface area contributed by atoms with E-state index in [2.05, 4.69) is 4.74 Å². The zero-order valence-corrected chi connectivity index (χ0v) is 12.4. The average molecular weight is 354 g/mol. The Morgan fingerprint density at radius 1 is 1.22 bits per heavy atom. The minimum absolute atomic E-state index is 0.363. The van der Waals surface area contributed by atoms with Gasteiger partial charge in [0.2, 0.25) is 0 Å². The van der Waals surface area contributed by atoms with E-state index in [0.717, 1.165) is 18.4 Å². The van der Waals surface area contributed by atoms with Gasteiger partial charge in [-0.3, -0.25) is 4.79 Å². The smallest absolute Gasteiger partial charge is 0.466 e. The van der Waals surface area contributed by atoms with E-state index >= 15 is 0 Å². The van der Waals surface area contributed by atoms with E-state index in [1.54, 1.807) is 0 Å². The molecule has 1 saturated carbocycles. The van der Waals surface area contributed by atoms with E-state index in [-0.39, 0.29) is 5.75 Å². The van der Waals surface area contributed by atoms with Gasteiger partial charge in [0.1, 0.15) is 6.10 Å². The monoisotopic (exact) mass is 354 g/mol. The van der Waals surface area contributed by atoms with Gasteiger partial charge >= 0.3 is 6.11 Å². The Bertz CT molecular complexity index is 795. The number of ether oxygens (including phenoxy) is 2. The first-order valence-corrected chi connectivity index (χ1v) is 8.33. The van der Waals surface area contributed by atoms with Gasteiger partial charge in [-0.05, 0) is 12.1 Å². The second kappa shape index (κ2) is 4.59. The molecule has 0 radical (unpaired) electrons. The lowest BCUT2D eigenvalue weighted by molar-refractivity contribution is -0.140. The molecule has 1 aromatic carbocycles. The maximum Gasteiger partial charge on any atom is 0.466 e. The fourth-order valence-electron chi connectivity index (χ4n) is 2.45. The maximum atomic E-state index is 13.5. The fourth-order valence-corrected chi connectivity index (χ4v) is 3.32. The Balaban J connectivity index is 2.04. The summed E-state index contributed by atoms with van der Waals surface area (Å²) >= 11 is 0. The molecule has 0 aromatic heterocycles. The highest BCUT2D eigenvalue weighted by molar-refractivity contribution is 7.90. The normalized spacial score (nSPS) is 22.2. The third-order valence-electron chi connectivity index (χ3n) is 3.55. The third-order valence-corrected chi connectivity index (χ3v) is 4.69. The number of hydrogen-bond acceptors (Lipinski definition) is 5. The molecule has 1 aliphatic heterocycles. The number of alkyl halides is 4. The highest BCUT2D eigenvalue weighted by atomic mass is 32.2. The number of fused-ring (bicyclic) bond motifs is 1. The van der Waals surface area contributed by atoms with Crippen LogP contribution in [0.3, 0.4) is 0 Å². The molecule has 0 N–H and O–H groups in total. The van der Waals surface area contributed by atoms with Crippen LogP contribution in [0.15, 0.2) is 17.0 Å². The maximum absolute atomic E-state index is 13.5. The lowest BCUT2D eigenvalue weighted by Gasteiger charge is -2.35. The van der Waals surface area contributed by atoms with Crippen LogP contribution in [0.4, 0.5) is 17.6 Å². The summed E-state index contributed by atoms with van der Waals surface area (Å²) in [5, 5.41) is 0. The van der Waals surface area contributed by atoms with Crippen molar-refractivity contribution in [3.05, 3.63) is 17.7 Å². The van der Waals surface area contributed by atoms with Crippen molar-refractivity contribution in [1.82, 2.24) is 0 Å². The Kier molecular flexibility index (Phi) is 3.20. The molecule has 0 spiro atoms. The van der Waals surface area contributed by atoms with Crippen LogP contribution in [0.5, 0.6) is 11.5 Å². The van der Waals surface area contributed by atoms with E-state index in [4.69, 9.17) is 4.74 Å². The van der Waals surface area contributed by atoms with Crippen molar-refractivity contribution in [3.8, 4) is 11.5 Å². The summed E-state index contributed by atoms with van der Waals surface area (Å²) in [5.74, 6) is -5.80. The molecule has 3 rings (SSSR count). The molecule has 0 amide bonds. The van der Waals surface area contributed by atoms with Gasteiger partial charge in [-0.15, -0.1) is 0 Å². The molecule has 1 fully saturated rings. The second-order valence-electron chi connectivity index (χ2n) is 5.49. The number of carbonyl (C=O) groups excluding carboxylic acids is 1. The lowest BCUT2D eigenvalue weighted by Crippen LogP contribution is -2.43. The SMILES string of the molecule is CS(=O)(=O)c1ccc(OC2CC(F)(F)C2)c2c1C(=O)C(F)(F)O2. The van der Waals surface area contributed by atoms with Gasteiger partial charge in [0, 0.05) is 19.1 Å². The van der Waals surface area contributed by atoms with Crippen molar-refractivity contribution < 1.29 is 40.2 Å². The number of sulfone groups is 1. The zero-order valence-electron chi connectivity index (χ0n) is 11.6. The second-order valence-corrected chi connectivity index (χ2v) is 7.47. The highest BCUT2D eigenvalue weighted by Crippen LogP contribution is 2.48. The van der Waals surface area contributed by atoms with Crippen LogP contribution in [-0.2, 0) is 9.84 Å². The number of hydrogen-bond donors (Lipinski definition) is 0. The van der Waals surface area contributed by atoms with Crippen LogP contribution in [0.2, 0.25) is 0 Å². The molecular weight excluding hydrogens is 344 g/mol. The molecule has 2 aliphatic rings. The summed E-state index contributed by atoms with van der Waals surface area (Å²) in [6.45, 7) is 0. The van der Waals surface area contributed by atoms with Crippen LogP contribution >= 0.6 is 0 Å². The Morgan fingerprint density at radius 2 is 1.83 bits per heavy atom. The van der Waals surface area contributed by atoms with Gasteiger partial charge in [0.25, 0.3) is 11.7 Å². The Hall–Kier alpha value is -1.84. The predicted octanol–water partition coefficient (Wildman–Crippen LogP) is 2.43. The van der Waals surface area contributed by atoms with Crippen LogP contribution in [-0.4, -0.2) is 38.6 Å². The van der Waals surface area contributed by atoms with Gasteiger partial charge in [-0.2, -0.15) is 8.78 Å². The summed E-state index contributed by atoms with van der Waals surface area (Å²) in [5.41, 5.74) is -0.818. The van der Waals surface area contributed by atoms with E-state index in [0.29, 0.717) is 0 Å². The molecule has 1 heterocycles. The van der Waals surface area contributed by atoms with Crippen LogP contribution in [0.1, 0.15) is 23.2 Å². The van der Waals surface area contributed by atoms with E-state index < -0.39 is 62.8 Å². The van der Waals surface area contributed by atoms with Gasteiger partial charge in [0.05, 0.1) is 10.5 Å². The molecule has 23 heavy (non-hydrogen) atoms. The number of ketones is 1. The summed E-state index contributed by atoms with van der Waals surface area (Å²) in [4.78, 5) is 11.1. The van der Waals surface area contributed by atoms with Crippen LogP contribution < -0.4 is 9.47 Å². The van der Waals surface area contributed by atoms with E-state index in [1.807, 2.05) is 0 Å². The molecule has 0 saturated heterocycles. The van der Waals surface area contributed by atoms with Crippen LogP contribution in [0, 0.1) is 0 Å². The number of halogens is 4. The first-order chi connectivity index (χ1) is 10.4. The number of Topliss-reactive ketones (excluding diaryl/α,β-unsaturated/α-hetero) is 1. The summed E-state index contributed by atoms with van der Waals surface area (Å²) in [6.07, 6.45) is -5.60. The molecule has 0 bridgehead atoms.